The predicted octanol–water partition coefficient (Wildman–Crippen LogP) is 2.96. The van der Waals surface area contributed by atoms with Gasteiger partial charge in [-0.2, -0.15) is 0 Å². The van der Waals surface area contributed by atoms with Gasteiger partial charge in [0.1, 0.15) is 12.3 Å². The molecule has 0 spiro atoms. The van der Waals surface area contributed by atoms with Gasteiger partial charge in [-0.1, -0.05) is 23.8 Å². The van der Waals surface area contributed by atoms with E-state index in [1.165, 1.54) is 7.11 Å². The lowest BCUT2D eigenvalue weighted by atomic mass is 10.0. The van der Waals surface area contributed by atoms with Gasteiger partial charge in [0, 0.05) is 0 Å². The number of benzene rings is 2. The van der Waals surface area contributed by atoms with Crippen LogP contribution in [0.1, 0.15) is 29.7 Å². The maximum absolute atomic E-state index is 12.5. The van der Waals surface area contributed by atoms with E-state index in [0.717, 1.165) is 27.3 Å². The fourth-order valence-corrected chi connectivity index (χ4v) is 3.81. The van der Waals surface area contributed by atoms with E-state index < -0.39 is 10.0 Å². The molecule has 0 fully saturated rings. The van der Waals surface area contributed by atoms with Gasteiger partial charge in [-0.25, -0.2) is 8.42 Å². The van der Waals surface area contributed by atoms with E-state index in [2.05, 4.69) is 11.4 Å². The molecule has 1 atom stereocenters. The van der Waals surface area contributed by atoms with Crippen molar-refractivity contribution < 1.29 is 17.9 Å². The Hall–Kier alpha value is -2.54. The number of hydrogen-bond donors (Lipinski definition) is 1. The summed E-state index contributed by atoms with van der Waals surface area (Å²) in [5.41, 5.74) is 3.65. The molecule has 6 nitrogen and oxygen atoms in total. The molecule has 0 aliphatic rings. The first kappa shape index (κ1) is 20.8. The third-order valence-corrected chi connectivity index (χ3v) is 5.46. The Kier molecular flexibility index (Phi) is 6.49. The summed E-state index contributed by atoms with van der Waals surface area (Å²) >= 11 is 0. The van der Waals surface area contributed by atoms with Gasteiger partial charge in [0.15, 0.2) is 0 Å². The van der Waals surface area contributed by atoms with Crippen molar-refractivity contribution in [2.75, 3.05) is 24.2 Å². The van der Waals surface area contributed by atoms with Crippen LogP contribution in [-0.4, -0.2) is 34.2 Å². The number of nitrogens with zero attached hydrogens (tertiary/aromatic N) is 1. The van der Waals surface area contributed by atoms with Gasteiger partial charge in [-0.3, -0.25) is 9.10 Å². The largest absolute Gasteiger partial charge is 0.497 e. The molecule has 0 aliphatic carbocycles. The summed E-state index contributed by atoms with van der Waals surface area (Å²) in [4.78, 5) is 12.5. The highest BCUT2D eigenvalue weighted by Gasteiger charge is 2.22. The highest BCUT2D eigenvalue weighted by Crippen LogP contribution is 2.22. The maximum Gasteiger partial charge on any atom is 0.241 e. The van der Waals surface area contributed by atoms with E-state index in [4.69, 9.17) is 4.74 Å². The number of hydrogen-bond acceptors (Lipinski definition) is 4. The van der Waals surface area contributed by atoms with Crippen LogP contribution in [0.3, 0.4) is 0 Å². The van der Waals surface area contributed by atoms with Crippen molar-refractivity contribution in [3.05, 3.63) is 59.2 Å². The van der Waals surface area contributed by atoms with Crippen molar-refractivity contribution in [1.82, 2.24) is 5.32 Å². The molecular weight excluding hydrogens is 364 g/mol. The summed E-state index contributed by atoms with van der Waals surface area (Å²) in [6.07, 6.45) is 1.08. The van der Waals surface area contributed by atoms with Crippen molar-refractivity contribution in [2.45, 2.75) is 26.8 Å². The second-order valence-electron chi connectivity index (χ2n) is 6.62. The standard InChI is InChI=1S/C20H26N2O4S/c1-14-6-11-19(15(2)12-14)16(3)21-20(23)13-22(27(5,24)25)17-7-9-18(26-4)10-8-17/h6-12,16H,13H2,1-5H3,(H,21,23)/t16-/m1/s1. The molecule has 1 amide bonds. The number of methoxy groups -OCH3 is 1. The Morgan fingerprint density at radius 3 is 2.30 bits per heavy atom. The van der Waals surface area contributed by atoms with Crippen LogP contribution in [0.25, 0.3) is 0 Å². The SMILES string of the molecule is COc1ccc(N(CC(=O)N[C@H](C)c2ccc(C)cc2C)S(C)(=O)=O)cc1. The Labute approximate surface area is 161 Å². The number of amides is 1. The third kappa shape index (κ3) is 5.47. The smallest absolute Gasteiger partial charge is 0.241 e. The number of carbonyl (C=O) groups excluding carboxylic acids is 1. The molecule has 2 aromatic rings. The zero-order chi connectivity index (χ0) is 20.2. The topological polar surface area (TPSA) is 75.7 Å². The summed E-state index contributed by atoms with van der Waals surface area (Å²) in [6.45, 7) is 5.60. The molecule has 146 valence electrons. The van der Waals surface area contributed by atoms with Gasteiger partial charge in [-0.05, 0) is 56.2 Å². The minimum Gasteiger partial charge on any atom is -0.497 e. The fraction of sp³-hybridized carbons (Fsp3) is 0.350. The predicted molar refractivity (Wildman–Crippen MR) is 108 cm³/mol. The second-order valence-corrected chi connectivity index (χ2v) is 8.52. The van der Waals surface area contributed by atoms with Crippen LogP contribution in [0, 0.1) is 13.8 Å². The second kappa shape index (κ2) is 8.43. The lowest BCUT2D eigenvalue weighted by molar-refractivity contribution is -0.120. The molecule has 0 heterocycles. The first-order chi connectivity index (χ1) is 12.6. The normalized spacial score (nSPS) is 12.3. The van der Waals surface area contributed by atoms with Crippen LogP contribution in [0.5, 0.6) is 5.75 Å². The van der Waals surface area contributed by atoms with Crippen molar-refractivity contribution in [3.63, 3.8) is 0 Å². The van der Waals surface area contributed by atoms with Crippen molar-refractivity contribution in [1.29, 1.82) is 0 Å². The minimum atomic E-state index is -3.62. The van der Waals surface area contributed by atoms with E-state index in [-0.39, 0.29) is 18.5 Å². The van der Waals surface area contributed by atoms with Gasteiger partial charge in [0.2, 0.25) is 15.9 Å². The Balaban J connectivity index is 2.16. The number of ether oxygens (including phenoxy) is 1. The Bertz CT molecular complexity index is 908. The van der Waals surface area contributed by atoms with Crippen LogP contribution in [0.2, 0.25) is 0 Å². The van der Waals surface area contributed by atoms with E-state index in [9.17, 15) is 13.2 Å². The number of carbonyl (C=O) groups is 1. The summed E-state index contributed by atoms with van der Waals surface area (Å²) in [6, 6.07) is 12.3. The molecule has 1 N–H and O–H groups in total. The average Bonchev–Trinajstić information content (AvgIpc) is 2.58. The molecule has 0 radical (unpaired) electrons. The number of sulfonamides is 1. The van der Waals surface area contributed by atoms with Gasteiger partial charge < -0.3 is 10.1 Å². The molecule has 0 saturated heterocycles. The molecule has 2 aromatic carbocycles. The lowest BCUT2D eigenvalue weighted by Crippen LogP contribution is -2.41. The maximum atomic E-state index is 12.5. The zero-order valence-corrected chi connectivity index (χ0v) is 17.1. The molecule has 0 saturated carbocycles. The van der Waals surface area contributed by atoms with Gasteiger partial charge >= 0.3 is 0 Å². The quantitative estimate of drug-likeness (QED) is 0.789. The summed E-state index contributed by atoms with van der Waals surface area (Å²) in [7, 11) is -2.08. The van der Waals surface area contributed by atoms with Crippen molar-refractivity contribution in [3.8, 4) is 5.75 Å². The monoisotopic (exact) mass is 390 g/mol. The lowest BCUT2D eigenvalue weighted by Gasteiger charge is -2.24. The van der Waals surface area contributed by atoms with Crippen LogP contribution >= 0.6 is 0 Å². The number of anilines is 1. The number of nitrogens with one attached hydrogen (secondary N) is 1. The van der Waals surface area contributed by atoms with E-state index in [1.54, 1.807) is 24.3 Å². The summed E-state index contributed by atoms with van der Waals surface area (Å²) in [5, 5.41) is 2.88. The van der Waals surface area contributed by atoms with E-state index >= 15 is 0 Å². The first-order valence-corrected chi connectivity index (χ1v) is 10.4. The van der Waals surface area contributed by atoms with Crippen molar-refractivity contribution in [2.24, 2.45) is 0 Å². The minimum absolute atomic E-state index is 0.227. The van der Waals surface area contributed by atoms with Crippen LogP contribution in [-0.2, 0) is 14.8 Å². The fourth-order valence-electron chi connectivity index (χ4n) is 2.96. The van der Waals surface area contributed by atoms with Crippen LogP contribution < -0.4 is 14.4 Å². The molecule has 27 heavy (non-hydrogen) atoms. The molecule has 0 bridgehead atoms. The zero-order valence-electron chi connectivity index (χ0n) is 16.3. The molecule has 0 unspecified atom stereocenters. The number of aryl methyl sites for hydroxylation is 2. The Morgan fingerprint density at radius 2 is 1.78 bits per heavy atom. The van der Waals surface area contributed by atoms with Crippen LogP contribution in [0.15, 0.2) is 42.5 Å². The average molecular weight is 391 g/mol. The van der Waals surface area contributed by atoms with E-state index in [1.807, 2.05) is 32.9 Å². The first-order valence-electron chi connectivity index (χ1n) is 8.60. The molecule has 7 heteroatoms. The molecule has 2 rings (SSSR count). The van der Waals surface area contributed by atoms with E-state index in [0.29, 0.717) is 11.4 Å². The van der Waals surface area contributed by atoms with Crippen molar-refractivity contribution >= 4 is 21.6 Å². The molecule has 0 aliphatic heterocycles. The summed E-state index contributed by atoms with van der Waals surface area (Å²) in [5.74, 6) is 0.240. The Morgan fingerprint density at radius 1 is 1.15 bits per heavy atom. The molecular formula is C20H26N2O4S. The third-order valence-electron chi connectivity index (χ3n) is 4.32. The summed E-state index contributed by atoms with van der Waals surface area (Å²) < 4.78 is 30.5. The van der Waals surface area contributed by atoms with Gasteiger partial charge in [0.05, 0.1) is 25.1 Å². The van der Waals surface area contributed by atoms with Gasteiger partial charge in [-0.15, -0.1) is 0 Å². The highest BCUT2D eigenvalue weighted by molar-refractivity contribution is 7.92. The molecule has 0 aromatic heterocycles. The number of rotatable bonds is 7. The van der Waals surface area contributed by atoms with Crippen LogP contribution in [0.4, 0.5) is 5.69 Å². The highest BCUT2D eigenvalue weighted by atomic mass is 32.2. The van der Waals surface area contributed by atoms with Gasteiger partial charge in [0.25, 0.3) is 0 Å².